The highest BCUT2D eigenvalue weighted by Gasteiger charge is 2.05. The quantitative estimate of drug-likeness (QED) is 0.894. The summed E-state index contributed by atoms with van der Waals surface area (Å²) in [5.41, 5.74) is 9.04. The SMILES string of the molecule is Cc1nc(N(C)Cc2ccccc2)ccc1CN. The zero-order valence-electron chi connectivity index (χ0n) is 10.9. The third-order valence-electron chi connectivity index (χ3n) is 3.05. The van der Waals surface area contributed by atoms with E-state index in [1.54, 1.807) is 0 Å². The molecule has 1 aromatic heterocycles. The third kappa shape index (κ3) is 2.87. The van der Waals surface area contributed by atoms with Crippen LogP contribution in [0.15, 0.2) is 42.5 Å². The van der Waals surface area contributed by atoms with Crippen molar-refractivity contribution in [2.24, 2.45) is 5.73 Å². The van der Waals surface area contributed by atoms with E-state index >= 15 is 0 Å². The Hall–Kier alpha value is -1.87. The summed E-state index contributed by atoms with van der Waals surface area (Å²) >= 11 is 0. The van der Waals surface area contributed by atoms with Crippen LogP contribution in [-0.4, -0.2) is 12.0 Å². The van der Waals surface area contributed by atoms with Crippen LogP contribution in [-0.2, 0) is 13.1 Å². The fourth-order valence-electron chi connectivity index (χ4n) is 1.94. The van der Waals surface area contributed by atoms with Gasteiger partial charge in [0.1, 0.15) is 5.82 Å². The van der Waals surface area contributed by atoms with Crippen LogP contribution in [0.5, 0.6) is 0 Å². The van der Waals surface area contributed by atoms with Crippen LogP contribution in [0.3, 0.4) is 0 Å². The maximum Gasteiger partial charge on any atom is 0.128 e. The first-order valence-corrected chi connectivity index (χ1v) is 6.12. The fourth-order valence-corrected chi connectivity index (χ4v) is 1.94. The van der Waals surface area contributed by atoms with Crippen molar-refractivity contribution < 1.29 is 0 Å². The van der Waals surface area contributed by atoms with Gasteiger partial charge in [0.25, 0.3) is 0 Å². The second-order valence-electron chi connectivity index (χ2n) is 4.46. The molecule has 0 unspecified atom stereocenters. The second kappa shape index (κ2) is 5.65. The van der Waals surface area contributed by atoms with Crippen LogP contribution in [0.25, 0.3) is 0 Å². The van der Waals surface area contributed by atoms with Gasteiger partial charge in [0, 0.05) is 25.8 Å². The van der Waals surface area contributed by atoms with Crippen LogP contribution in [0.2, 0.25) is 0 Å². The minimum absolute atomic E-state index is 0.543. The van der Waals surface area contributed by atoms with Gasteiger partial charge in [-0.1, -0.05) is 36.4 Å². The normalized spacial score (nSPS) is 10.4. The van der Waals surface area contributed by atoms with Gasteiger partial charge in [-0.05, 0) is 24.1 Å². The number of nitrogens with zero attached hydrogens (tertiary/aromatic N) is 2. The zero-order valence-corrected chi connectivity index (χ0v) is 10.9. The smallest absolute Gasteiger partial charge is 0.128 e. The van der Waals surface area contributed by atoms with Crippen LogP contribution < -0.4 is 10.6 Å². The van der Waals surface area contributed by atoms with Crippen molar-refractivity contribution in [2.45, 2.75) is 20.0 Å². The lowest BCUT2D eigenvalue weighted by molar-refractivity contribution is 0.884. The van der Waals surface area contributed by atoms with Crippen molar-refractivity contribution in [3.63, 3.8) is 0 Å². The largest absolute Gasteiger partial charge is 0.355 e. The summed E-state index contributed by atoms with van der Waals surface area (Å²) in [7, 11) is 2.05. The van der Waals surface area contributed by atoms with Crippen molar-refractivity contribution >= 4 is 5.82 Å². The number of hydrogen-bond acceptors (Lipinski definition) is 3. The molecule has 0 amide bonds. The Morgan fingerprint density at radius 2 is 1.83 bits per heavy atom. The molecule has 0 bridgehead atoms. The summed E-state index contributed by atoms with van der Waals surface area (Å²) in [6, 6.07) is 14.5. The summed E-state index contributed by atoms with van der Waals surface area (Å²) in [6.07, 6.45) is 0. The van der Waals surface area contributed by atoms with Crippen LogP contribution in [0, 0.1) is 6.92 Å². The molecule has 2 aromatic rings. The number of aryl methyl sites for hydroxylation is 1. The van der Waals surface area contributed by atoms with Crippen molar-refractivity contribution in [1.82, 2.24) is 4.98 Å². The molecule has 0 radical (unpaired) electrons. The average molecular weight is 241 g/mol. The van der Waals surface area contributed by atoms with Gasteiger partial charge >= 0.3 is 0 Å². The lowest BCUT2D eigenvalue weighted by Gasteiger charge is -2.19. The first kappa shape index (κ1) is 12.6. The van der Waals surface area contributed by atoms with E-state index in [-0.39, 0.29) is 0 Å². The van der Waals surface area contributed by atoms with Gasteiger partial charge in [-0.3, -0.25) is 0 Å². The van der Waals surface area contributed by atoms with E-state index in [0.717, 1.165) is 23.6 Å². The third-order valence-corrected chi connectivity index (χ3v) is 3.05. The van der Waals surface area contributed by atoms with E-state index in [1.807, 2.05) is 19.1 Å². The van der Waals surface area contributed by atoms with Crippen molar-refractivity contribution in [3.8, 4) is 0 Å². The number of aromatic nitrogens is 1. The van der Waals surface area contributed by atoms with Gasteiger partial charge in [-0.25, -0.2) is 4.98 Å². The summed E-state index contributed by atoms with van der Waals surface area (Å²) in [4.78, 5) is 6.73. The van der Waals surface area contributed by atoms with E-state index in [0.29, 0.717) is 6.54 Å². The first-order chi connectivity index (χ1) is 8.70. The molecule has 94 valence electrons. The maximum atomic E-state index is 5.65. The molecule has 0 saturated heterocycles. The van der Waals surface area contributed by atoms with Gasteiger partial charge < -0.3 is 10.6 Å². The first-order valence-electron chi connectivity index (χ1n) is 6.12. The monoisotopic (exact) mass is 241 g/mol. The van der Waals surface area contributed by atoms with Crippen LogP contribution in [0.4, 0.5) is 5.82 Å². The molecule has 2 rings (SSSR count). The molecule has 1 aromatic carbocycles. The topological polar surface area (TPSA) is 42.2 Å². The van der Waals surface area contributed by atoms with Gasteiger partial charge in [0.15, 0.2) is 0 Å². The number of benzene rings is 1. The summed E-state index contributed by atoms with van der Waals surface area (Å²) in [5.74, 6) is 0.980. The van der Waals surface area contributed by atoms with E-state index in [4.69, 9.17) is 5.73 Å². The molecule has 1 heterocycles. The van der Waals surface area contributed by atoms with E-state index in [9.17, 15) is 0 Å². The van der Waals surface area contributed by atoms with Crippen molar-refractivity contribution in [2.75, 3.05) is 11.9 Å². The van der Waals surface area contributed by atoms with Gasteiger partial charge in [-0.2, -0.15) is 0 Å². The summed E-state index contributed by atoms with van der Waals surface area (Å²) < 4.78 is 0. The lowest BCUT2D eigenvalue weighted by Crippen LogP contribution is -2.18. The molecular formula is C15H19N3. The number of pyridine rings is 1. The molecule has 0 spiro atoms. The Balaban J connectivity index is 2.14. The molecule has 0 atom stereocenters. The van der Waals surface area contributed by atoms with Crippen LogP contribution >= 0.6 is 0 Å². The molecular weight excluding hydrogens is 222 g/mol. The fraction of sp³-hybridized carbons (Fsp3) is 0.267. The highest BCUT2D eigenvalue weighted by molar-refractivity contribution is 5.41. The molecule has 3 heteroatoms. The summed E-state index contributed by atoms with van der Waals surface area (Å²) in [5, 5.41) is 0. The van der Waals surface area contributed by atoms with E-state index in [2.05, 4.69) is 47.3 Å². The van der Waals surface area contributed by atoms with E-state index in [1.165, 1.54) is 5.56 Å². The number of anilines is 1. The Labute approximate surface area is 108 Å². The molecule has 2 N–H and O–H groups in total. The standard InChI is InChI=1S/C15H19N3/c1-12-14(10-16)8-9-15(17-12)18(2)11-13-6-4-3-5-7-13/h3-9H,10-11,16H2,1-2H3. The van der Waals surface area contributed by atoms with Gasteiger partial charge in [0.2, 0.25) is 0 Å². The molecule has 18 heavy (non-hydrogen) atoms. The van der Waals surface area contributed by atoms with Gasteiger partial charge in [-0.15, -0.1) is 0 Å². The second-order valence-corrected chi connectivity index (χ2v) is 4.46. The predicted octanol–water partition coefficient (Wildman–Crippen LogP) is 2.49. The highest BCUT2D eigenvalue weighted by atomic mass is 15.2. The average Bonchev–Trinajstić information content (AvgIpc) is 2.39. The molecule has 0 saturated carbocycles. The van der Waals surface area contributed by atoms with Gasteiger partial charge in [0.05, 0.1) is 0 Å². The Morgan fingerprint density at radius 1 is 1.11 bits per heavy atom. The number of nitrogens with two attached hydrogens (primary N) is 1. The Kier molecular flexibility index (Phi) is 3.95. The molecule has 3 nitrogen and oxygen atoms in total. The molecule has 0 aliphatic rings. The zero-order chi connectivity index (χ0) is 13.0. The molecule has 0 aliphatic heterocycles. The van der Waals surface area contributed by atoms with Crippen molar-refractivity contribution in [1.29, 1.82) is 0 Å². The van der Waals surface area contributed by atoms with E-state index < -0.39 is 0 Å². The Bertz CT molecular complexity index is 508. The summed E-state index contributed by atoms with van der Waals surface area (Å²) in [6.45, 7) is 3.40. The minimum Gasteiger partial charge on any atom is -0.355 e. The maximum absolute atomic E-state index is 5.65. The van der Waals surface area contributed by atoms with Crippen LogP contribution in [0.1, 0.15) is 16.8 Å². The molecule has 0 aliphatic carbocycles. The predicted molar refractivity (Wildman–Crippen MR) is 75.4 cm³/mol. The minimum atomic E-state index is 0.543. The number of rotatable bonds is 4. The lowest BCUT2D eigenvalue weighted by atomic mass is 10.2. The highest BCUT2D eigenvalue weighted by Crippen LogP contribution is 2.15. The van der Waals surface area contributed by atoms with Crippen molar-refractivity contribution in [3.05, 3.63) is 59.3 Å². The molecule has 0 fully saturated rings. The Morgan fingerprint density at radius 3 is 2.44 bits per heavy atom. The number of hydrogen-bond donors (Lipinski definition) is 1.